The number of ether oxygens (including phenoxy) is 3. The monoisotopic (exact) mass is 334 g/mol. The van der Waals surface area contributed by atoms with Gasteiger partial charge in [0.2, 0.25) is 11.5 Å². The minimum atomic E-state index is -0.955. The van der Waals surface area contributed by atoms with Crippen LogP contribution >= 0.6 is 11.6 Å². The Hall–Kier alpha value is -2.34. The number of methoxy groups -OCH3 is 1. The van der Waals surface area contributed by atoms with Gasteiger partial charge in [-0.15, -0.1) is 0 Å². The fraction of sp³-hybridized carbons (Fsp3) is 0.312. The smallest absolute Gasteiger partial charge is 0.350 e. The Labute approximate surface area is 138 Å². The average Bonchev–Trinajstić information content (AvgIpc) is 3.33. The van der Waals surface area contributed by atoms with Crippen LogP contribution in [0.5, 0.6) is 11.9 Å². The van der Waals surface area contributed by atoms with Gasteiger partial charge in [-0.3, -0.25) is 0 Å². The maximum atomic E-state index is 11.7. The lowest BCUT2D eigenvalue weighted by molar-refractivity contribution is -0.151. The van der Waals surface area contributed by atoms with Crippen molar-refractivity contribution < 1.29 is 19.0 Å². The Morgan fingerprint density at radius 2 is 2.00 bits per heavy atom. The molecule has 0 aliphatic heterocycles. The molecule has 23 heavy (non-hydrogen) atoms. The van der Waals surface area contributed by atoms with Gasteiger partial charge < -0.3 is 14.2 Å². The van der Waals surface area contributed by atoms with Gasteiger partial charge in [-0.2, -0.15) is 9.97 Å². The van der Waals surface area contributed by atoms with Crippen molar-refractivity contribution in [1.29, 1.82) is 0 Å². The number of nitrogens with zero attached hydrogens (tertiary/aromatic N) is 2. The zero-order valence-corrected chi connectivity index (χ0v) is 13.2. The van der Waals surface area contributed by atoms with Crippen LogP contribution in [0.4, 0.5) is 0 Å². The van der Waals surface area contributed by atoms with E-state index in [-0.39, 0.29) is 17.0 Å². The molecule has 0 atom stereocenters. The summed E-state index contributed by atoms with van der Waals surface area (Å²) >= 11 is 5.97. The van der Waals surface area contributed by atoms with Crippen LogP contribution in [0.15, 0.2) is 36.4 Å². The van der Waals surface area contributed by atoms with Crippen LogP contribution in [0, 0.1) is 0 Å². The van der Waals surface area contributed by atoms with Crippen LogP contribution in [-0.2, 0) is 16.1 Å². The van der Waals surface area contributed by atoms with Gasteiger partial charge >= 0.3 is 12.0 Å². The van der Waals surface area contributed by atoms with Gasteiger partial charge in [0, 0.05) is 18.9 Å². The van der Waals surface area contributed by atoms with Gasteiger partial charge in [-0.05, 0) is 5.56 Å². The minimum absolute atomic E-state index is 0.0945. The molecule has 1 saturated carbocycles. The van der Waals surface area contributed by atoms with Crippen molar-refractivity contribution in [1.82, 2.24) is 9.97 Å². The number of rotatable bonds is 6. The summed E-state index contributed by atoms with van der Waals surface area (Å²) in [5.74, 6) is -0.227. The minimum Gasteiger partial charge on any atom is -0.466 e. The molecule has 1 fully saturated rings. The lowest BCUT2D eigenvalue weighted by Crippen LogP contribution is -2.31. The van der Waals surface area contributed by atoms with Crippen molar-refractivity contribution in [3.63, 3.8) is 0 Å². The van der Waals surface area contributed by atoms with Crippen molar-refractivity contribution in [2.75, 3.05) is 7.11 Å². The van der Waals surface area contributed by atoms with Crippen molar-refractivity contribution >= 4 is 17.6 Å². The molecule has 7 heteroatoms. The summed E-state index contributed by atoms with van der Waals surface area (Å²) in [4.78, 5) is 19.9. The van der Waals surface area contributed by atoms with Crippen LogP contribution in [0.25, 0.3) is 0 Å². The van der Waals surface area contributed by atoms with E-state index >= 15 is 0 Å². The molecule has 6 nitrogen and oxygen atoms in total. The van der Waals surface area contributed by atoms with Crippen molar-refractivity contribution in [3.05, 3.63) is 47.1 Å². The number of hydrogen-bond acceptors (Lipinski definition) is 6. The number of halogens is 1. The van der Waals surface area contributed by atoms with Gasteiger partial charge in [0.1, 0.15) is 11.8 Å². The number of carbonyl (C=O) groups excluding carboxylic acids is 1. The van der Waals surface area contributed by atoms with Gasteiger partial charge in [-0.25, -0.2) is 4.79 Å². The van der Waals surface area contributed by atoms with E-state index in [1.807, 2.05) is 30.3 Å². The van der Waals surface area contributed by atoms with E-state index in [0.29, 0.717) is 19.4 Å². The normalized spacial score (nSPS) is 14.9. The molecule has 1 aliphatic carbocycles. The first-order valence-electron chi connectivity index (χ1n) is 7.10. The number of esters is 1. The number of carbonyl (C=O) groups is 1. The van der Waals surface area contributed by atoms with Gasteiger partial charge in [0.05, 0.1) is 7.11 Å². The Morgan fingerprint density at radius 1 is 1.26 bits per heavy atom. The Bertz CT molecular complexity index is 704. The quantitative estimate of drug-likeness (QED) is 0.597. The highest BCUT2D eigenvalue weighted by Crippen LogP contribution is 2.41. The van der Waals surface area contributed by atoms with E-state index in [4.69, 9.17) is 25.8 Å². The Balaban J connectivity index is 1.71. The molecular weight excluding hydrogens is 320 g/mol. The van der Waals surface area contributed by atoms with Crippen molar-refractivity contribution in [2.45, 2.75) is 25.0 Å². The summed E-state index contributed by atoms with van der Waals surface area (Å²) in [5.41, 5.74) is 0.0233. The summed E-state index contributed by atoms with van der Waals surface area (Å²) in [5, 5.41) is 0.179. The van der Waals surface area contributed by atoms with Gasteiger partial charge in [-0.1, -0.05) is 41.9 Å². The topological polar surface area (TPSA) is 70.5 Å². The van der Waals surface area contributed by atoms with E-state index < -0.39 is 11.6 Å². The molecule has 0 unspecified atom stereocenters. The largest absolute Gasteiger partial charge is 0.466 e. The molecular formula is C16H15ClN2O4. The summed E-state index contributed by atoms with van der Waals surface area (Å²) in [6.07, 6.45) is 1.17. The molecule has 0 spiro atoms. The maximum Gasteiger partial charge on any atom is 0.350 e. The van der Waals surface area contributed by atoms with Gasteiger partial charge in [0.25, 0.3) is 0 Å². The molecule has 120 valence electrons. The van der Waals surface area contributed by atoms with Crippen LogP contribution in [0.3, 0.4) is 0 Å². The zero-order chi connectivity index (χ0) is 16.3. The first-order valence-corrected chi connectivity index (χ1v) is 7.48. The molecule has 3 rings (SSSR count). The molecule has 2 aromatic rings. The molecule has 1 aliphatic rings. The highest BCUT2D eigenvalue weighted by molar-refractivity contribution is 6.29. The summed E-state index contributed by atoms with van der Waals surface area (Å²) in [6.45, 7) is 0.308. The number of benzene rings is 1. The zero-order valence-electron chi connectivity index (χ0n) is 12.5. The second-order valence-electron chi connectivity index (χ2n) is 5.17. The second-order valence-corrected chi connectivity index (χ2v) is 5.56. The first-order chi connectivity index (χ1) is 11.1. The molecule has 0 bridgehead atoms. The SMILES string of the molecule is COC(=O)C1(Oc2cc(Cl)nc(OCc3ccccc3)n2)CC1. The first kappa shape index (κ1) is 15.6. The predicted octanol–water partition coefficient (Wildman–Crippen LogP) is 2.79. The van der Waals surface area contributed by atoms with Crippen molar-refractivity contribution in [2.24, 2.45) is 0 Å². The van der Waals surface area contributed by atoms with E-state index in [1.54, 1.807) is 0 Å². The van der Waals surface area contributed by atoms with Crippen LogP contribution in [-0.4, -0.2) is 28.6 Å². The van der Waals surface area contributed by atoms with E-state index in [1.165, 1.54) is 13.2 Å². The third-order valence-electron chi connectivity index (χ3n) is 3.42. The molecule has 0 amide bonds. The number of hydrogen-bond donors (Lipinski definition) is 0. The van der Waals surface area contributed by atoms with Crippen molar-refractivity contribution in [3.8, 4) is 11.9 Å². The maximum absolute atomic E-state index is 11.7. The molecule has 1 aromatic carbocycles. The van der Waals surface area contributed by atoms with E-state index in [0.717, 1.165) is 5.56 Å². The summed E-state index contributed by atoms with van der Waals surface area (Å²) in [6, 6.07) is 11.2. The fourth-order valence-electron chi connectivity index (χ4n) is 2.06. The summed E-state index contributed by atoms with van der Waals surface area (Å²) < 4.78 is 15.9. The standard InChI is InChI=1S/C16H15ClN2O4/c1-21-14(20)16(7-8-16)23-13-9-12(17)18-15(19-13)22-10-11-5-3-2-4-6-11/h2-6,9H,7-8,10H2,1H3. The molecule has 0 saturated heterocycles. The lowest BCUT2D eigenvalue weighted by Gasteiger charge is -2.15. The highest BCUT2D eigenvalue weighted by atomic mass is 35.5. The van der Waals surface area contributed by atoms with E-state index in [2.05, 4.69) is 9.97 Å². The second kappa shape index (κ2) is 6.42. The molecule has 0 radical (unpaired) electrons. The van der Waals surface area contributed by atoms with E-state index in [9.17, 15) is 4.79 Å². The molecule has 1 heterocycles. The molecule has 0 N–H and O–H groups in total. The third kappa shape index (κ3) is 3.71. The molecule has 1 aromatic heterocycles. The summed E-state index contributed by atoms with van der Waals surface area (Å²) in [7, 11) is 1.33. The predicted molar refractivity (Wildman–Crippen MR) is 82.4 cm³/mol. The highest BCUT2D eigenvalue weighted by Gasteiger charge is 2.54. The average molecular weight is 335 g/mol. The Kier molecular flexibility index (Phi) is 4.34. The van der Waals surface area contributed by atoms with Crippen LogP contribution in [0.2, 0.25) is 5.15 Å². The lowest BCUT2D eigenvalue weighted by atomic mass is 10.2. The number of aromatic nitrogens is 2. The van der Waals surface area contributed by atoms with Gasteiger partial charge in [0.15, 0.2) is 0 Å². The fourth-order valence-corrected chi connectivity index (χ4v) is 2.23. The van der Waals surface area contributed by atoms with Crippen LogP contribution < -0.4 is 9.47 Å². The Morgan fingerprint density at radius 3 is 2.65 bits per heavy atom. The third-order valence-corrected chi connectivity index (χ3v) is 3.62. The van der Waals surface area contributed by atoms with Crippen LogP contribution in [0.1, 0.15) is 18.4 Å².